The summed E-state index contributed by atoms with van der Waals surface area (Å²) in [6.45, 7) is 3.62. The Morgan fingerprint density at radius 3 is 2.55 bits per heavy atom. The second kappa shape index (κ2) is 5.43. The van der Waals surface area contributed by atoms with Crippen molar-refractivity contribution < 1.29 is 9.90 Å². The van der Waals surface area contributed by atoms with Crippen molar-refractivity contribution in [2.75, 3.05) is 12.8 Å². The molecule has 4 heteroatoms. The predicted molar refractivity (Wildman–Crippen MR) is 47.7 cm³/mol. The highest BCUT2D eigenvalue weighted by Crippen LogP contribution is 2.12. The summed E-state index contributed by atoms with van der Waals surface area (Å²) in [6, 6.07) is 0. The zero-order valence-corrected chi connectivity index (χ0v) is 7.94. The average Bonchev–Trinajstić information content (AvgIpc) is 1.99. The normalized spacial score (nSPS) is 15.6. The molecule has 0 fully saturated rings. The van der Waals surface area contributed by atoms with E-state index in [0.29, 0.717) is 5.75 Å². The van der Waals surface area contributed by atoms with E-state index in [2.05, 4.69) is 5.32 Å². The van der Waals surface area contributed by atoms with Crippen molar-refractivity contribution in [3.8, 4) is 0 Å². The minimum atomic E-state index is -0.357. The second-order valence-electron chi connectivity index (χ2n) is 2.43. The van der Waals surface area contributed by atoms with Crippen LogP contribution in [0.5, 0.6) is 0 Å². The van der Waals surface area contributed by atoms with Gasteiger partial charge < -0.3 is 10.4 Å². The number of amides is 1. The van der Waals surface area contributed by atoms with E-state index in [1.165, 1.54) is 11.8 Å². The van der Waals surface area contributed by atoms with E-state index in [9.17, 15) is 4.79 Å². The fourth-order valence-electron chi connectivity index (χ4n) is 0.419. The van der Waals surface area contributed by atoms with Crippen molar-refractivity contribution in [2.24, 2.45) is 0 Å². The number of aliphatic hydroxyl groups excluding tert-OH is 1. The summed E-state index contributed by atoms with van der Waals surface area (Å²) in [7, 11) is 1.61. The first-order valence-electron chi connectivity index (χ1n) is 3.58. The molecule has 3 nitrogen and oxygen atoms in total. The van der Waals surface area contributed by atoms with Gasteiger partial charge in [0.1, 0.15) is 0 Å². The fourth-order valence-corrected chi connectivity index (χ4v) is 1.26. The van der Waals surface area contributed by atoms with Gasteiger partial charge in [-0.25, -0.2) is 0 Å². The molecule has 0 heterocycles. The molecule has 1 amide bonds. The van der Waals surface area contributed by atoms with Crippen LogP contribution in [-0.4, -0.2) is 35.2 Å². The van der Waals surface area contributed by atoms with Crippen LogP contribution in [0.2, 0.25) is 0 Å². The minimum Gasteiger partial charge on any atom is -0.392 e. The van der Waals surface area contributed by atoms with E-state index in [1.54, 1.807) is 14.0 Å². The van der Waals surface area contributed by atoms with Crippen LogP contribution in [0.15, 0.2) is 0 Å². The number of hydrogen-bond acceptors (Lipinski definition) is 3. The number of thioether (sulfide) groups is 1. The first-order valence-corrected chi connectivity index (χ1v) is 4.63. The third-order valence-corrected chi connectivity index (χ3v) is 2.78. The van der Waals surface area contributed by atoms with Crippen molar-refractivity contribution in [1.29, 1.82) is 0 Å². The van der Waals surface area contributed by atoms with E-state index in [4.69, 9.17) is 5.11 Å². The number of carbonyl (C=O) groups excluding carboxylic acids is 1. The van der Waals surface area contributed by atoms with E-state index in [-0.39, 0.29) is 17.3 Å². The van der Waals surface area contributed by atoms with Crippen LogP contribution < -0.4 is 5.32 Å². The van der Waals surface area contributed by atoms with Gasteiger partial charge in [-0.05, 0) is 6.92 Å². The molecular formula is C7H15NO2S. The Hall–Kier alpha value is -0.220. The number of hydrogen-bond donors (Lipinski definition) is 2. The first-order chi connectivity index (χ1) is 5.07. The van der Waals surface area contributed by atoms with Crippen molar-refractivity contribution in [3.63, 3.8) is 0 Å². The van der Waals surface area contributed by atoms with Crippen molar-refractivity contribution in [3.05, 3.63) is 0 Å². The quantitative estimate of drug-likeness (QED) is 0.646. The molecule has 0 spiro atoms. The molecule has 0 bridgehead atoms. The van der Waals surface area contributed by atoms with Gasteiger partial charge in [0.05, 0.1) is 11.9 Å². The van der Waals surface area contributed by atoms with Crippen LogP contribution in [0, 0.1) is 0 Å². The molecule has 11 heavy (non-hydrogen) atoms. The summed E-state index contributed by atoms with van der Waals surface area (Å²) < 4.78 is 0. The summed E-state index contributed by atoms with van der Waals surface area (Å²) in [4.78, 5) is 10.7. The van der Waals surface area contributed by atoms with Gasteiger partial charge in [0.2, 0.25) is 5.91 Å². The van der Waals surface area contributed by atoms with Crippen molar-refractivity contribution in [1.82, 2.24) is 5.32 Å². The molecule has 0 aliphatic rings. The Morgan fingerprint density at radius 1 is 1.64 bits per heavy atom. The molecular weight excluding hydrogens is 162 g/mol. The smallest absolute Gasteiger partial charge is 0.229 e. The van der Waals surface area contributed by atoms with Gasteiger partial charge in [0, 0.05) is 12.3 Å². The van der Waals surface area contributed by atoms with Crippen molar-refractivity contribution in [2.45, 2.75) is 25.2 Å². The molecule has 2 atom stereocenters. The molecule has 2 unspecified atom stereocenters. The van der Waals surface area contributed by atoms with Crippen LogP contribution in [0.4, 0.5) is 0 Å². The van der Waals surface area contributed by atoms with Crippen LogP contribution in [0.3, 0.4) is 0 Å². The monoisotopic (exact) mass is 177 g/mol. The standard InChI is InChI=1S/C7H15NO2S/c1-5(9)6(2)11-4-7(10)8-3/h5-6,9H,4H2,1-3H3,(H,8,10). The Kier molecular flexibility index (Phi) is 5.32. The zero-order valence-electron chi connectivity index (χ0n) is 7.13. The van der Waals surface area contributed by atoms with Crippen LogP contribution >= 0.6 is 11.8 Å². The summed E-state index contributed by atoms with van der Waals surface area (Å²) in [6.07, 6.45) is -0.357. The second-order valence-corrected chi connectivity index (χ2v) is 3.80. The summed E-state index contributed by atoms with van der Waals surface area (Å²) in [5.74, 6) is 0.422. The van der Waals surface area contributed by atoms with Crippen LogP contribution in [0.25, 0.3) is 0 Å². The Bertz CT molecular complexity index is 128. The third-order valence-electron chi connectivity index (χ3n) is 1.44. The number of aliphatic hydroxyl groups is 1. The molecule has 0 aliphatic heterocycles. The fraction of sp³-hybridized carbons (Fsp3) is 0.857. The predicted octanol–water partition coefficient (Wildman–Crippen LogP) is 0.235. The number of nitrogens with one attached hydrogen (secondary N) is 1. The minimum absolute atomic E-state index is 0.00231. The number of carbonyl (C=O) groups is 1. The third kappa shape index (κ3) is 5.09. The average molecular weight is 177 g/mol. The van der Waals surface area contributed by atoms with E-state index in [0.717, 1.165) is 0 Å². The van der Waals surface area contributed by atoms with Gasteiger partial charge in [0.15, 0.2) is 0 Å². The maximum absolute atomic E-state index is 10.7. The molecule has 0 saturated carbocycles. The maximum Gasteiger partial charge on any atom is 0.229 e. The first kappa shape index (κ1) is 10.8. The lowest BCUT2D eigenvalue weighted by Gasteiger charge is -2.12. The van der Waals surface area contributed by atoms with Gasteiger partial charge in [0.25, 0.3) is 0 Å². The summed E-state index contributed by atoms with van der Waals surface area (Å²) >= 11 is 1.46. The van der Waals surface area contributed by atoms with Gasteiger partial charge in [-0.3, -0.25) is 4.79 Å². The molecule has 0 aromatic carbocycles. The molecule has 0 aromatic rings. The van der Waals surface area contributed by atoms with Gasteiger partial charge in [-0.2, -0.15) is 0 Å². The maximum atomic E-state index is 10.7. The topological polar surface area (TPSA) is 49.3 Å². The molecule has 0 aromatic heterocycles. The molecule has 2 N–H and O–H groups in total. The molecule has 0 radical (unpaired) electrons. The zero-order chi connectivity index (χ0) is 8.85. The Balaban J connectivity index is 3.45. The lowest BCUT2D eigenvalue weighted by molar-refractivity contribution is -0.118. The lowest BCUT2D eigenvalue weighted by Crippen LogP contribution is -2.23. The molecule has 66 valence electrons. The van der Waals surface area contributed by atoms with Gasteiger partial charge in [-0.1, -0.05) is 6.92 Å². The molecule has 0 aliphatic carbocycles. The van der Waals surface area contributed by atoms with E-state index < -0.39 is 0 Å². The highest BCUT2D eigenvalue weighted by atomic mass is 32.2. The number of rotatable bonds is 4. The lowest BCUT2D eigenvalue weighted by atomic mass is 10.3. The van der Waals surface area contributed by atoms with Crippen LogP contribution in [-0.2, 0) is 4.79 Å². The summed E-state index contributed by atoms with van der Waals surface area (Å²) in [5, 5.41) is 11.7. The van der Waals surface area contributed by atoms with Gasteiger partial charge in [-0.15, -0.1) is 11.8 Å². The Morgan fingerprint density at radius 2 is 2.18 bits per heavy atom. The highest BCUT2D eigenvalue weighted by Gasteiger charge is 2.10. The van der Waals surface area contributed by atoms with Crippen molar-refractivity contribution >= 4 is 17.7 Å². The SMILES string of the molecule is CNC(=O)CSC(C)C(C)O. The van der Waals surface area contributed by atoms with E-state index in [1.807, 2.05) is 6.92 Å². The van der Waals surface area contributed by atoms with Gasteiger partial charge >= 0.3 is 0 Å². The highest BCUT2D eigenvalue weighted by molar-refractivity contribution is 8.00. The molecule has 0 rings (SSSR count). The van der Waals surface area contributed by atoms with E-state index >= 15 is 0 Å². The Labute approximate surface area is 71.6 Å². The summed E-state index contributed by atoms with van der Waals surface area (Å²) in [5.41, 5.74) is 0. The molecule has 0 saturated heterocycles. The largest absolute Gasteiger partial charge is 0.392 e. The van der Waals surface area contributed by atoms with Crippen LogP contribution in [0.1, 0.15) is 13.8 Å².